The zero-order chi connectivity index (χ0) is 13.3. The Kier molecular flexibility index (Phi) is 3.54. The third-order valence-electron chi connectivity index (χ3n) is 3.05. The van der Waals surface area contributed by atoms with Crippen molar-refractivity contribution in [3.8, 4) is 0 Å². The van der Waals surface area contributed by atoms with Gasteiger partial charge in [0.2, 0.25) is 16.0 Å². The van der Waals surface area contributed by atoms with E-state index in [0.717, 1.165) is 0 Å². The number of pyridine rings is 1. The van der Waals surface area contributed by atoms with Crippen LogP contribution in [-0.2, 0) is 10.0 Å². The molecule has 2 rings (SSSR count). The molecule has 7 heteroatoms. The fraction of sp³-hybridized carbons (Fsp3) is 0.545. The molecule has 1 saturated heterocycles. The molecule has 18 heavy (non-hydrogen) atoms. The van der Waals surface area contributed by atoms with Crippen LogP contribution in [-0.4, -0.2) is 49.6 Å². The molecular weight excluding hydrogens is 257 g/mol. The molecule has 1 fully saturated rings. The number of sulfonamides is 1. The van der Waals surface area contributed by atoms with Crippen molar-refractivity contribution in [3.63, 3.8) is 0 Å². The molecule has 1 aromatic rings. The molecule has 0 N–H and O–H groups in total. The number of nitrogens with zero attached hydrogens (tertiary/aromatic N) is 3. The maximum atomic E-state index is 13.1. The minimum absolute atomic E-state index is 0.0252. The average molecular weight is 273 g/mol. The largest absolute Gasteiger partial charge is 0.351 e. The van der Waals surface area contributed by atoms with Crippen molar-refractivity contribution in [1.29, 1.82) is 0 Å². The maximum absolute atomic E-state index is 13.1. The molecule has 1 aliphatic rings. The third kappa shape index (κ3) is 2.78. The van der Waals surface area contributed by atoms with Crippen molar-refractivity contribution in [3.05, 3.63) is 24.1 Å². The first kappa shape index (κ1) is 13.2. The van der Waals surface area contributed by atoms with Gasteiger partial charge in [0.1, 0.15) is 5.82 Å². The first-order chi connectivity index (χ1) is 8.38. The average Bonchev–Trinajstić information content (AvgIpc) is 2.27. The number of anilines is 1. The summed E-state index contributed by atoms with van der Waals surface area (Å²) >= 11 is 0. The van der Waals surface area contributed by atoms with Gasteiger partial charge in [-0.05, 0) is 19.1 Å². The lowest BCUT2D eigenvalue weighted by molar-refractivity contribution is 0.343. The quantitative estimate of drug-likeness (QED) is 0.744. The lowest BCUT2D eigenvalue weighted by atomic mass is 10.2. The van der Waals surface area contributed by atoms with E-state index in [1.165, 1.54) is 16.6 Å². The van der Waals surface area contributed by atoms with Crippen molar-refractivity contribution in [1.82, 2.24) is 9.29 Å². The third-order valence-corrected chi connectivity index (χ3v) is 4.32. The summed E-state index contributed by atoms with van der Waals surface area (Å²) in [7, 11) is -3.16. The highest BCUT2D eigenvalue weighted by Gasteiger charge is 2.29. The van der Waals surface area contributed by atoms with E-state index in [4.69, 9.17) is 0 Å². The van der Waals surface area contributed by atoms with E-state index in [0.29, 0.717) is 25.5 Å². The summed E-state index contributed by atoms with van der Waals surface area (Å²) in [5.74, 6) is 0.0286. The van der Waals surface area contributed by atoms with Crippen LogP contribution in [0.3, 0.4) is 0 Å². The van der Waals surface area contributed by atoms with Crippen LogP contribution in [0, 0.1) is 5.95 Å². The number of hydrogen-bond acceptors (Lipinski definition) is 4. The Morgan fingerprint density at radius 2 is 2.11 bits per heavy atom. The maximum Gasteiger partial charge on any atom is 0.214 e. The Hall–Kier alpha value is -1.21. The summed E-state index contributed by atoms with van der Waals surface area (Å²) in [5.41, 5.74) is 0. The van der Waals surface area contributed by atoms with E-state index in [-0.39, 0.29) is 6.04 Å². The first-order valence-electron chi connectivity index (χ1n) is 5.72. The summed E-state index contributed by atoms with van der Waals surface area (Å²) < 4.78 is 37.4. The molecule has 5 nitrogen and oxygen atoms in total. The van der Waals surface area contributed by atoms with Gasteiger partial charge in [0.25, 0.3) is 0 Å². The highest BCUT2D eigenvalue weighted by molar-refractivity contribution is 7.88. The van der Waals surface area contributed by atoms with E-state index >= 15 is 0 Å². The van der Waals surface area contributed by atoms with Crippen molar-refractivity contribution in [2.45, 2.75) is 13.0 Å². The smallest absolute Gasteiger partial charge is 0.214 e. The van der Waals surface area contributed by atoms with Crippen LogP contribution in [0.1, 0.15) is 6.92 Å². The monoisotopic (exact) mass is 273 g/mol. The molecule has 0 aromatic carbocycles. The summed E-state index contributed by atoms with van der Waals surface area (Å²) in [5, 5.41) is 0. The van der Waals surface area contributed by atoms with Crippen molar-refractivity contribution in [2.75, 3.05) is 30.8 Å². The second-order valence-corrected chi connectivity index (χ2v) is 6.46. The van der Waals surface area contributed by atoms with Crippen molar-refractivity contribution < 1.29 is 12.8 Å². The van der Waals surface area contributed by atoms with Gasteiger partial charge in [-0.1, -0.05) is 6.07 Å². The Morgan fingerprint density at radius 3 is 2.67 bits per heavy atom. The number of rotatable bonds is 2. The van der Waals surface area contributed by atoms with Gasteiger partial charge >= 0.3 is 0 Å². The lowest BCUT2D eigenvalue weighted by Crippen LogP contribution is -2.53. The second kappa shape index (κ2) is 4.81. The number of halogens is 1. The topological polar surface area (TPSA) is 53.5 Å². The number of hydrogen-bond donors (Lipinski definition) is 0. The molecule has 0 bridgehead atoms. The molecule has 2 heterocycles. The van der Waals surface area contributed by atoms with Crippen LogP contribution in [0.15, 0.2) is 18.2 Å². The van der Waals surface area contributed by atoms with E-state index < -0.39 is 16.0 Å². The van der Waals surface area contributed by atoms with Gasteiger partial charge in [0, 0.05) is 25.7 Å². The number of aromatic nitrogens is 1. The molecule has 0 amide bonds. The van der Waals surface area contributed by atoms with Crippen LogP contribution < -0.4 is 4.90 Å². The Labute approximate surface area is 106 Å². The van der Waals surface area contributed by atoms with Crippen molar-refractivity contribution in [2.24, 2.45) is 0 Å². The van der Waals surface area contributed by atoms with Crippen LogP contribution in [0.5, 0.6) is 0 Å². The van der Waals surface area contributed by atoms with Gasteiger partial charge in [-0.3, -0.25) is 0 Å². The fourth-order valence-corrected chi connectivity index (χ4v) is 3.02. The van der Waals surface area contributed by atoms with E-state index in [1.807, 2.05) is 11.8 Å². The SMILES string of the molecule is CC1CN(S(C)(=O)=O)CCN1c1cccc(F)n1. The van der Waals surface area contributed by atoms with E-state index in [2.05, 4.69) is 4.98 Å². The molecule has 1 aliphatic heterocycles. The standard InChI is InChI=1S/C11H16FN3O2S/c1-9-8-14(18(2,16)17)6-7-15(9)11-5-3-4-10(12)13-11/h3-5,9H,6-8H2,1-2H3. The normalized spacial score (nSPS) is 22.2. The molecule has 1 unspecified atom stereocenters. The lowest BCUT2D eigenvalue weighted by Gasteiger charge is -2.39. The van der Waals surface area contributed by atoms with Gasteiger partial charge < -0.3 is 4.90 Å². The highest BCUT2D eigenvalue weighted by Crippen LogP contribution is 2.19. The zero-order valence-electron chi connectivity index (χ0n) is 10.4. The predicted octanol–water partition coefficient (Wildman–Crippen LogP) is 0.691. The first-order valence-corrected chi connectivity index (χ1v) is 7.57. The minimum Gasteiger partial charge on any atom is -0.351 e. The molecule has 0 saturated carbocycles. The van der Waals surface area contributed by atoms with Crippen molar-refractivity contribution >= 4 is 15.8 Å². The zero-order valence-corrected chi connectivity index (χ0v) is 11.2. The molecule has 0 radical (unpaired) electrons. The predicted molar refractivity (Wildman–Crippen MR) is 67.4 cm³/mol. The van der Waals surface area contributed by atoms with Crippen LogP contribution >= 0.6 is 0 Å². The summed E-state index contributed by atoms with van der Waals surface area (Å²) in [6.07, 6.45) is 1.20. The second-order valence-electron chi connectivity index (χ2n) is 4.48. The van der Waals surface area contributed by atoms with Crippen LogP contribution in [0.25, 0.3) is 0 Å². The van der Waals surface area contributed by atoms with Gasteiger partial charge in [0.15, 0.2) is 0 Å². The van der Waals surface area contributed by atoms with Gasteiger partial charge in [-0.15, -0.1) is 0 Å². The Balaban J connectivity index is 2.15. The van der Waals surface area contributed by atoms with E-state index in [9.17, 15) is 12.8 Å². The molecule has 100 valence electrons. The summed E-state index contributed by atoms with van der Waals surface area (Å²) in [4.78, 5) is 5.75. The van der Waals surface area contributed by atoms with Gasteiger partial charge in [-0.25, -0.2) is 13.4 Å². The number of piperazine rings is 1. The molecule has 0 spiro atoms. The molecule has 1 aromatic heterocycles. The van der Waals surface area contributed by atoms with Gasteiger partial charge in [0.05, 0.1) is 6.26 Å². The molecular formula is C11H16FN3O2S. The van der Waals surface area contributed by atoms with Gasteiger partial charge in [-0.2, -0.15) is 8.70 Å². The van der Waals surface area contributed by atoms with Crippen LogP contribution in [0.4, 0.5) is 10.2 Å². The van der Waals surface area contributed by atoms with Crippen LogP contribution in [0.2, 0.25) is 0 Å². The summed E-state index contributed by atoms with van der Waals surface area (Å²) in [6, 6.07) is 4.60. The molecule has 1 atom stereocenters. The Morgan fingerprint density at radius 1 is 1.39 bits per heavy atom. The Bertz CT molecular complexity index is 535. The fourth-order valence-electron chi connectivity index (χ4n) is 2.12. The van der Waals surface area contributed by atoms with E-state index in [1.54, 1.807) is 12.1 Å². The summed E-state index contributed by atoms with van der Waals surface area (Å²) in [6.45, 7) is 3.23. The molecule has 0 aliphatic carbocycles. The highest BCUT2D eigenvalue weighted by atomic mass is 32.2. The minimum atomic E-state index is -3.16.